The molecule has 0 heterocycles. The van der Waals surface area contributed by atoms with E-state index in [4.69, 9.17) is 0 Å². The summed E-state index contributed by atoms with van der Waals surface area (Å²) in [6.07, 6.45) is 0. The molecule has 18 heavy (non-hydrogen) atoms. The zero-order valence-electron chi connectivity index (χ0n) is 13.0. The smallest absolute Gasteiger partial charge is 0.0107 e. The largest absolute Gasteiger partial charge is 0.318 e. The molecule has 0 fully saturated rings. The molecular formula is C13H33N5. The SMILES string of the molecule is CNCCNCCN(C)CCN(C)CCN(C)C. The number of rotatable bonds is 12. The molecule has 0 unspecified atom stereocenters. The van der Waals surface area contributed by atoms with Crippen molar-refractivity contribution in [3.63, 3.8) is 0 Å². The van der Waals surface area contributed by atoms with Crippen LogP contribution in [0.1, 0.15) is 0 Å². The highest BCUT2D eigenvalue weighted by molar-refractivity contribution is 4.60. The van der Waals surface area contributed by atoms with Crippen LogP contribution in [0.5, 0.6) is 0 Å². The number of hydrogen-bond acceptors (Lipinski definition) is 5. The summed E-state index contributed by atoms with van der Waals surface area (Å²) in [5.74, 6) is 0. The highest BCUT2D eigenvalue weighted by atomic mass is 15.2. The summed E-state index contributed by atoms with van der Waals surface area (Å²) >= 11 is 0. The second-order valence-electron chi connectivity index (χ2n) is 5.26. The Balaban J connectivity index is 3.37. The molecule has 0 rings (SSSR count). The number of nitrogens with one attached hydrogen (secondary N) is 2. The normalized spacial score (nSPS) is 12.0. The predicted octanol–water partition coefficient (Wildman–Crippen LogP) is -0.779. The molecule has 5 nitrogen and oxygen atoms in total. The average Bonchev–Trinajstić information content (AvgIpc) is 2.33. The lowest BCUT2D eigenvalue weighted by atomic mass is 10.4. The van der Waals surface area contributed by atoms with Gasteiger partial charge in [0.1, 0.15) is 0 Å². The molecule has 0 aromatic rings. The summed E-state index contributed by atoms with van der Waals surface area (Å²) in [7, 11) is 10.6. The molecule has 0 aliphatic rings. The Labute approximate surface area is 113 Å². The van der Waals surface area contributed by atoms with Gasteiger partial charge in [-0.1, -0.05) is 0 Å². The van der Waals surface area contributed by atoms with Crippen molar-refractivity contribution >= 4 is 0 Å². The molecule has 0 bridgehead atoms. The average molecular weight is 259 g/mol. The Morgan fingerprint density at radius 1 is 0.667 bits per heavy atom. The molecule has 0 atom stereocenters. The Kier molecular flexibility index (Phi) is 11.7. The zero-order chi connectivity index (χ0) is 13.8. The third-order valence-electron chi connectivity index (χ3n) is 3.01. The minimum Gasteiger partial charge on any atom is -0.318 e. The van der Waals surface area contributed by atoms with E-state index in [1.807, 2.05) is 7.05 Å². The highest BCUT2D eigenvalue weighted by Gasteiger charge is 2.02. The van der Waals surface area contributed by atoms with Crippen LogP contribution in [0.15, 0.2) is 0 Å². The summed E-state index contributed by atoms with van der Waals surface area (Å²) in [6, 6.07) is 0. The Morgan fingerprint density at radius 2 is 1.22 bits per heavy atom. The minimum absolute atomic E-state index is 1.04. The van der Waals surface area contributed by atoms with Crippen LogP contribution >= 0.6 is 0 Å². The van der Waals surface area contributed by atoms with Crippen LogP contribution in [0.4, 0.5) is 0 Å². The van der Waals surface area contributed by atoms with E-state index in [-0.39, 0.29) is 0 Å². The predicted molar refractivity (Wildman–Crippen MR) is 80.3 cm³/mol. The fourth-order valence-electron chi connectivity index (χ4n) is 1.54. The Hall–Kier alpha value is -0.200. The quantitative estimate of drug-likeness (QED) is 0.450. The molecule has 0 aliphatic carbocycles. The third-order valence-corrected chi connectivity index (χ3v) is 3.01. The number of nitrogens with zero attached hydrogens (tertiary/aromatic N) is 3. The van der Waals surface area contributed by atoms with Gasteiger partial charge in [0.2, 0.25) is 0 Å². The third kappa shape index (κ3) is 12.3. The Morgan fingerprint density at radius 3 is 1.78 bits per heavy atom. The van der Waals surface area contributed by atoms with Crippen molar-refractivity contribution < 1.29 is 0 Å². The lowest BCUT2D eigenvalue weighted by Crippen LogP contribution is -2.38. The van der Waals surface area contributed by atoms with Crippen LogP contribution in [0.2, 0.25) is 0 Å². The van der Waals surface area contributed by atoms with Crippen LogP contribution in [0.25, 0.3) is 0 Å². The molecular weight excluding hydrogens is 226 g/mol. The van der Waals surface area contributed by atoms with Gasteiger partial charge < -0.3 is 25.3 Å². The lowest BCUT2D eigenvalue weighted by Gasteiger charge is -2.23. The van der Waals surface area contributed by atoms with E-state index in [2.05, 4.69) is 53.5 Å². The summed E-state index contributed by atoms with van der Waals surface area (Å²) < 4.78 is 0. The second kappa shape index (κ2) is 11.9. The van der Waals surface area contributed by atoms with Crippen molar-refractivity contribution in [1.29, 1.82) is 0 Å². The van der Waals surface area contributed by atoms with E-state index in [1.54, 1.807) is 0 Å². The maximum atomic E-state index is 3.42. The van der Waals surface area contributed by atoms with E-state index in [1.165, 1.54) is 0 Å². The van der Waals surface area contributed by atoms with Crippen molar-refractivity contribution in [3.8, 4) is 0 Å². The van der Waals surface area contributed by atoms with Crippen LogP contribution in [0.3, 0.4) is 0 Å². The van der Waals surface area contributed by atoms with Gasteiger partial charge in [-0.2, -0.15) is 0 Å². The molecule has 0 amide bonds. The van der Waals surface area contributed by atoms with Gasteiger partial charge in [-0.05, 0) is 35.2 Å². The van der Waals surface area contributed by atoms with E-state index >= 15 is 0 Å². The molecule has 0 aromatic carbocycles. The van der Waals surface area contributed by atoms with Gasteiger partial charge >= 0.3 is 0 Å². The fourth-order valence-corrected chi connectivity index (χ4v) is 1.54. The van der Waals surface area contributed by atoms with Gasteiger partial charge in [0.15, 0.2) is 0 Å². The van der Waals surface area contributed by atoms with Crippen molar-refractivity contribution in [3.05, 3.63) is 0 Å². The molecule has 0 radical (unpaired) electrons. The van der Waals surface area contributed by atoms with Gasteiger partial charge in [-0.25, -0.2) is 0 Å². The molecule has 0 aliphatic heterocycles. The maximum absolute atomic E-state index is 3.42. The summed E-state index contributed by atoms with van der Waals surface area (Å²) in [6.45, 7) is 8.82. The summed E-state index contributed by atoms with van der Waals surface area (Å²) in [4.78, 5) is 7.01. The standard InChI is InChI=1S/C13H33N5/c1-14-6-7-15-8-9-17(4)12-13-18(5)11-10-16(2)3/h14-15H,6-13H2,1-5H3. The first-order valence-electron chi connectivity index (χ1n) is 6.93. The topological polar surface area (TPSA) is 33.8 Å². The molecule has 5 heteroatoms. The lowest BCUT2D eigenvalue weighted by molar-refractivity contribution is 0.238. The van der Waals surface area contributed by atoms with Crippen LogP contribution in [-0.2, 0) is 0 Å². The first kappa shape index (κ1) is 17.8. The molecule has 0 saturated carbocycles. The van der Waals surface area contributed by atoms with E-state index < -0.39 is 0 Å². The van der Waals surface area contributed by atoms with Crippen molar-refractivity contribution in [2.24, 2.45) is 0 Å². The highest BCUT2D eigenvalue weighted by Crippen LogP contribution is 1.87. The van der Waals surface area contributed by atoms with Gasteiger partial charge in [0.25, 0.3) is 0 Å². The summed E-state index contributed by atoms with van der Waals surface area (Å²) in [5.41, 5.74) is 0. The van der Waals surface area contributed by atoms with Crippen molar-refractivity contribution in [2.75, 3.05) is 87.6 Å². The van der Waals surface area contributed by atoms with Gasteiger partial charge in [-0.3, -0.25) is 0 Å². The molecule has 0 saturated heterocycles. The molecule has 0 spiro atoms. The first-order chi connectivity index (χ1) is 8.56. The fraction of sp³-hybridized carbons (Fsp3) is 1.00. The minimum atomic E-state index is 1.04. The van der Waals surface area contributed by atoms with E-state index in [9.17, 15) is 0 Å². The monoisotopic (exact) mass is 259 g/mol. The van der Waals surface area contributed by atoms with Crippen LogP contribution in [-0.4, -0.2) is 102 Å². The maximum Gasteiger partial charge on any atom is 0.0107 e. The van der Waals surface area contributed by atoms with Crippen molar-refractivity contribution in [2.45, 2.75) is 0 Å². The van der Waals surface area contributed by atoms with Gasteiger partial charge in [-0.15, -0.1) is 0 Å². The molecule has 110 valence electrons. The second-order valence-corrected chi connectivity index (χ2v) is 5.26. The number of hydrogen-bond donors (Lipinski definition) is 2. The van der Waals surface area contributed by atoms with Gasteiger partial charge in [0.05, 0.1) is 0 Å². The summed E-state index contributed by atoms with van der Waals surface area (Å²) in [5, 5.41) is 6.55. The van der Waals surface area contributed by atoms with E-state index in [0.29, 0.717) is 0 Å². The first-order valence-corrected chi connectivity index (χ1v) is 6.93. The van der Waals surface area contributed by atoms with Crippen LogP contribution in [0, 0.1) is 0 Å². The van der Waals surface area contributed by atoms with Crippen molar-refractivity contribution in [1.82, 2.24) is 25.3 Å². The molecule has 2 N–H and O–H groups in total. The van der Waals surface area contributed by atoms with E-state index in [0.717, 1.165) is 52.4 Å². The Bertz CT molecular complexity index is 175. The number of likely N-dealkylation sites (N-methyl/N-ethyl adjacent to an activating group) is 4. The van der Waals surface area contributed by atoms with Crippen LogP contribution < -0.4 is 10.6 Å². The van der Waals surface area contributed by atoms with Gasteiger partial charge in [0, 0.05) is 52.4 Å². The zero-order valence-corrected chi connectivity index (χ0v) is 13.0. The molecule has 0 aromatic heterocycles.